The smallest absolute Gasteiger partial charge is 0.163 e. The first-order valence-electron chi connectivity index (χ1n) is 11.6. The lowest BCUT2D eigenvalue weighted by atomic mass is 9.78. The molecule has 0 fully saturated rings. The van der Waals surface area contributed by atoms with Gasteiger partial charge in [-0.25, -0.2) is 8.78 Å². The van der Waals surface area contributed by atoms with E-state index in [9.17, 15) is 13.6 Å². The summed E-state index contributed by atoms with van der Waals surface area (Å²) in [5, 5.41) is 6.71. The number of carbonyl (C=O) groups is 1. The Hall–Kier alpha value is -3.67. The second kappa shape index (κ2) is 9.29. The van der Waals surface area contributed by atoms with Crippen molar-refractivity contribution in [1.29, 1.82) is 0 Å². The SMILES string of the molecule is CCCOc1ccc(C2CC(=O)C3=C(C2)Nc2ccccc2NC3c2cc(F)ccc2F)cc1. The molecule has 1 aliphatic heterocycles. The molecule has 1 aliphatic carbocycles. The number of benzene rings is 3. The van der Waals surface area contributed by atoms with Gasteiger partial charge in [-0.1, -0.05) is 31.2 Å². The number of carbonyl (C=O) groups excluding carboxylic acids is 1. The monoisotopic (exact) mass is 460 g/mol. The molecule has 2 aliphatic rings. The van der Waals surface area contributed by atoms with E-state index < -0.39 is 17.7 Å². The zero-order valence-electron chi connectivity index (χ0n) is 18.9. The van der Waals surface area contributed by atoms with Crippen LogP contribution >= 0.6 is 0 Å². The van der Waals surface area contributed by atoms with Crippen molar-refractivity contribution in [3.05, 3.63) is 101 Å². The fourth-order valence-electron chi connectivity index (χ4n) is 4.75. The number of halogens is 2. The third-order valence-corrected chi connectivity index (χ3v) is 6.40. The Morgan fingerprint density at radius 2 is 1.74 bits per heavy atom. The molecule has 0 radical (unpaired) electrons. The number of nitrogens with one attached hydrogen (secondary N) is 2. The van der Waals surface area contributed by atoms with Crippen LogP contribution in [0.25, 0.3) is 0 Å². The zero-order valence-corrected chi connectivity index (χ0v) is 18.9. The summed E-state index contributed by atoms with van der Waals surface area (Å²) in [6, 6.07) is 18.0. The Bertz CT molecular complexity index is 1250. The third-order valence-electron chi connectivity index (χ3n) is 6.40. The van der Waals surface area contributed by atoms with Crippen LogP contribution in [-0.2, 0) is 4.79 Å². The van der Waals surface area contributed by atoms with E-state index in [-0.39, 0.29) is 17.3 Å². The van der Waals surface area contributed by atoms with Crippen LogP contribution < -0.4 is 15.4 Å². The lowest BCUT2D eigenvalue weighted by Gasteiger charge is -2.30. The molecule has 0 aromatic heterocycles. The highest BCUT2D eigenvalue weighted by Gasteiger charge is 2.37. The Labute approximate surface area is 197 Å². The highest BCUT2D eigenvalue weighted by atomic mass is 19.1. The van der Waals surface area contributed by atoms with Crippen LogP contribution in [0.2, 0.25) is 0 Å². The summed E-state index contributed by atoms with van der Waals surface area (Å²) in [6.45, 7) is 2.72. The first-order valence-corrected chi connectivity index (χ1v) is 11.6. The van der Waals surface area contributed by atoms with E-state index in [0.717, 1.165) is 46.9 Å². The van der Waals surface area contributed by atoms with Crippen molar-refractivity contribution in [1.82, 2.24) is 0 Å². The summed E-state index contributed by atoms with van der Waals surface area (Å²) in [5.41, 5.74) is 3.89. The third kappa shape index (κ3) is 4.28. The Morgan fingerprint density at radius 1 is 0.971 bits per heavy atom. The molecule has 0 spiro atoms. The van der Waals surface area contributed by atoms with Gasteiger partial charge in [0, 0.05) is 23.3 Å². The molecule has 3 aromatic carbocycles. The second-order valence-corrected chi connectivity index (χ2v) is 8.75. The topological polar surface area (TPSA) is 50.4 Å². The lowest BCUT2D eigenvalue weighted by Crippen LogP contribution is -2.27. The number of fused-ring (bicyclic) bond motifs is 1. The van der Waals surface area contributed by atoms with Crippen molar-refractivity contribution in [3.63, 3.8) is 0 Å². The lowest BCUT2D eigenvalue weighted by molar-refractivity contribution is -0.116. The average molecular weight is 461 g/mol. The standard InChI is InChI=1S/C28H26F2N2O2/c1-2-13-34-20-10-7-17(8-11-20)18-14-25-27(26(33)15-18)28(21-16-19(29)9-12-22(21)30)32-24-6-4-3-5-23(24)31-25/h3-12,16,18,28,31-32H,2,13-15H2,1H3. The Morgan fingerprint density at radius 3 is 2.50 bits per heavy atom. The van der Waals surface area contributed by atoms with Gasteiger partial charge in [-0.3, -0.25) is 4.79 Å². The van der Waals surface area contributed by atoms with Crippen LogP contribution in [0.3, 0.4) is 0 Å². The summed E-state index contributed by atoms with van der Waals surface area (Å²) in [6.07, 6.45) is 1.81. The molecular formula is C28H26F2N2O2. The van der Waals surface area contributed by atoms with Gasteiger partial charge in [-0.2, -0.15) is 0 Å². The number of ether oxygens (including phenoxy) is 1. The van der Waals surface area contributed by atoms with Gasteiger partial charge in [0.15, 0.2) is 5.78 Å². The van der Waals surface area contributed by atoms with E-state index in [1.165, 1.54) is 6.07 Å². The molecule has 2 unspecified atom stereocenters. The van der Waals surface area contributed by atoms with Crippen LogP contribution in [0, 0.1) is 11.6 Å². The molecule has 1 heterocycles. The summed E-state index contributed by atoms with van der Waals surface area (Å²) in [7, 11) is 0. The first-order chi connectivity index (χ1) is 16.5. The van der Waals surface area contributed by atoms with Gasteiger partial charge in [0.25, 0.3) is 0 Å². The Kier molecular flexibility index (Phi) is 6.05. The molecule has 4 nitrogen and oxygen atoms in total. The van der Waals surface area contributed by atoms with Crippen LogP contribution in [0.4, 0.5) is 20.2 Å². The quantitative estimate of drug-likeness (QED) is 0.443. The molecule has 3 aromatic rings. The van der Waals surface area contributed by atoms with Crippen molar-refractivity contribution < 1.29 is 18.3 Å². The summed E-state index contributed by atoms with van der Waals surface area (Å²) in [4.78, 5) is 13.5. The van der Waals surface area contributed by atoms with Crippen molar-refractivity contribution in [2.75, 3.05) is 17.2 Å². The normalized spacial score (nSPS) is 19.4. The van der Waals surface area contributed by atoms with Crippen molar-refractivity contribution in [3.8, 4) is 5.75 Å². The summed E-state index contributed by atoms with van der Waals surface area (Å²) in [5.74, 6) is -0.402. The minimum absolute atomic E-state index is 0.0257. The largest absolute Gasteiger partial charge is 0.494 e. The molecule has 5 rings (SSSR count). The van der Waals surface area contributed by atoms with Crippen molar-refractivity contribution in [2.45, 2.75) is 38.1 Å². The molecule has 6 heteroatoms. The summed E-state index contributed by atoms with van der Waals surface area (Å²) < 4.78 is 34.6. The minimum Gasteiger partial charge on any atom is -0.494 e. The predicted molar refractivity (Wildman–Crippen MR) is 129 cm³/mol. The number of hydrogen-bond acceptors (Lipinski definition) is 4. The maximum Gasteiger partial charge on any atom is 0.163 e. The van der Waals surface area contributed by atoms with Gasteiger partial charge in [-0.05, 0) is 66.8 Å². The number of rotatable bonds is 5. The Balaban J connectivity index is 1.54. The maximum absolute atomic E-state index is 14.8. The van der Waals surface area contributed by atoms with Crippen LogP contribution in [0.5, 0.6) is 5.75 Å². The van der Waals surface area contributed by atoms with E-state index >= 15 is 0 Å². The highest BCUT2D eigenvalue weighted by Crippen LogP contribution is 2.44. The first kappa shape index (κ1) is 22.1. The predicted octanol–water partition coefficient (Wildman–Crippen LogP) is 6.73. The molecule has 0 amide bonds. The molecule has 0 bridgehead atoms. The fraction of sp³-hybridized carbons (Fsp3) is 0.250. The van der Waals surface area contributed by atoms with E-state index in [4.69, 9.17) is 4.74 Å². The molecule has 174 valence electrons. The molecular weight excluding hydrogens is 434 g/mol. The van der Waals surface area contributed by atoms with Crippen LogP contribution in [-0.4, -0.2) is 12.4 Å². The molecule has 0 saturated carbocycles. The summed E-state index contributed by atoms with van der Waals surface area (Å²) >= 11 is 0. The molecule has 2 N–H and O–H groups in total. The number of allylic oxidation sites excluding steroid dienone is 1. The van der Waals surface area contributed by atoms with Gasteiger partial charge in [0.05, 0.1) is 24.0 Å². The van der Waals surface area contributed by atoms with Crippen molar-refractivity contribution >= 4 is 17.2 Å². The van der Waals surface area contributed by atoms with E-state index in [1.54, 1.807) is 0 Å². The number of para-hydroxylation sites is 2. The van der Waals surface area contributed by atoms with E-state index in [2.05, 4.69) is 17.6 Å². The number of hydrogen-bond donors (Lipinski definition) is 2. The van der Waals surface area contributed by atoms with Gasteiger partial charge in [0.1, 0.15) is 17.4 Å². The van der Waals surface area contributed by atoms with E-state index in [0.29, 0.717) is 25.0 Å². The molecule has 34 heavy (non-hydrogen) atoms. The highest BCUT2D eigenvalue weighted by molar-refractivity contribution is 6.01. The van der Waals surface area contributed by atoms with Crippen molar-refractivity contribution in [2.24, 2.45) is 0 Å². The van der Waals surface area contributed by atoms with Gasteiger partial charge in [0.2, 0.25) is 0 Å². The average Bonchev–Trinajstić information content (AvgIpc) is 3.01. The molecule has 2 atom stereocenters. The van der Waals surface area contributed by atoms with Gasteiger partial charge < -0.3 is 15.4 Å². The zero-order chi connectivity index (χ0) is 23.7. The fourth-order valence-corrected chi connectivity index (χ4v) is 4.75. The minimum atomic E-state index is -0.792. The van der Waals surface area contributed by atoms with Crippen LogP contribution in [0.15, 0.2) is 78.0 Å². The number of ketones is 1. The van der Waals surface area contributed by atoms with E-state index in [1.807, 2.05) is 48.5 Å². The molecule has 0 saturated heterocycles. The number of Topliss-reactive ketones (excluding diaryl/α,β-unsaturated/α-hetero) is 1. The van der Waals surface area contributed by atoms with Gasteiger partial charge in [-0.15, -0.1) is 0 Å². The number of anilines is 2. The van der Waals surface area contributed by atoms with Crippen LogP contribution in [0.1, 0.15) is 49.3 Å². The maximum atomic E-state index is 14.8. The van der Waals surface area contributed by atoms with Gasteiger partial charge >= 0.3 is 0 Å². The second-order valence-electron chi connectivity index (χ2n) is 8.75.